The summed E-state index contributed by atoms with van der Waals surface area (Å²) in [6, 6.07) is 0. The molecule has 0 aromatic rings. The summed E-state index contributed by atoms with van der Waals surface area (Å²) in [5.74, 6) is 0.551. The zero-order valence-corrected chi connectivity index (χ0v) is 12.2. The predicted octanol–water partition coefficient (Wildman–Crippen LogP) is 3.37. The minimum Gasteiger partial charge on any atom is -0.332 e. The van der Waals surface area contributed by atoms with E-state index < -0.39 is 0 Å². The lowest BCUT2D eigenvalue weighted by Crippen LogP contribution is -2.20. The first-order chi connectivity index (χ1) is 8.56. The van der Waals surface area contributed by atoms with Crippen molar-refractivity contribution in [3.05, 3.63) is 22.9 Å². The van der Waals surface area contributed by atoms with Crippen molar-refractivity contribution in [3.63, 3.8) is 0 Å². The van der Waals surface area contributed by atoms with Crippen LogP contribution in [0.2, 0.25) is 0 Å². The average molecular weight is 251 g/mol. The lowest BCUT2D eigenvalue weighted by molar-refractivity contribution is -0.115. The van der Waals surface area contributed by atoms with E-state index in [1.807, 2.05) is 26.8 Å². The van der Waals surface area contributed by atoms with Gasteiger partial charge in [0.15, 0.2) is 5.78 Å². The molecule has 0 atom stereocenters. The summed E-state index contributed by atoms with van der Waals surface area (Å²) in [5.41, 5.74) is 2.62. The molecule has 1 aliphatic rings. The number of carbonyl (C=O) groups excluding carboxylic acids is 2. The second kappa shape index (κ2) is 8.67. The highest BCUT2D eigenvalue weighted by molar-refractivity contribution is 5.99. The number of allylic oxidation sites excluding steroid dienone is 4. The van der Waals surface area contributed by atoms with E-state index in [0.717, 1.165) is 24.1 Å². The van der Waals surface area contributed by atoms with Crippen LogP contribution in [0, 0.1) is 5.92 Å². The maximum absolute atomic E-state index is 11.8. The van der Waals surface area contributed by atoms with Crippen molar-refractivity contribution in [3.8, 4) is 0 Å². The maximum Gasteiger partial charge on any atom is 0.211 e. The van der Waals surface area contributed by atoms with Gasteiger partial charge in [-0.15, -0.1) is 0 Å². The molecule has 0 aromatic carbocycles. The Kier molecular flexibility index (Phi) is 8.01. The van der Waals surface area contributed by atoms with Crippen LogP contribution in [0.5, 0.6) is 0 Å². The van der Waals surface area contributed by atoms with Crippen LogP contribution in [0.3, 0.4) is 0 Å². The molecule has 0 aliphatic heterocycles. The largest absolute Gasteiger partial charge is 0.332 e. The molecule has 0 fully saturated rings. The molecule has 0 heterocycles. The number of hydrogen-bond acceptors (Lipinski definition) is 2. The van der Waals surface area contributed by atoms with Crippen LogP contribution in [0.1, 0.15) is 53.9 Å². The number of ketones is 1. The van der Waals surface area contributed by atoms with Crippen LogP contribution < -0.4 is 5.32 Å². The average Bonchev–Trinajstić information content (AvgIpc) is 2.36. The van der Waals surface area contributed by atoms with Gasteiger partial charge in [-0.2, -0.15) is 0 Å². The monoisotopic (exact) mass is 251 g/mol. The van der Waals surface area contributed by atoms with Crippen LogP contribution in [0.4, 0.5) is 0 Å². The Morgan fingerprint density at radius 3 is 2.39 bits per heavy atom. The second-order valence-corrected chi connectivity index (χ2v) is 4.47. The second-order valence-electron chi connectivity index (χ2n) is 4.47. The van der Waals surface area contributed by atoms with Crippen molar-refractivity contribution in [2.45, 2.75) is 53.9 Å². The van der Waals surface area contributed by atoms with Gasteiger partial charge in [0.25, 0.3) is 0 Å². The van der Waals surface area contributed by atoms with Crippen molar-refractivity contribution in [2.24, 2.45) is 5.92 Å². The molecule has 0 bridgehead atoms. The van der Waals surface area contributed by atoms with E-state index in [1.165, 1.54) is 0 Å². The molecule has 102 valence electrons. The van der Waals surface area contributed by atoms with E-state index in [1.54, 1.807) is 0 Å². The molecule has 1 rings (SSSR count). The molecule has 0 radical (unpaired) electrons. The highest BCUT2D eigenvalue weighted by atomic mass is 16.1. The first-order valence-electron chi connectivity index (χ1n) is 6.71. The Hall–Kier alpha value is -1.38. The van der Waals surface area contributed by atoms with Gasteiger partial charge in [-0.3, -0.25) is 9.59 Å². The van der Waals surface area contributed by atoms with Gasteiger partial charge in [-0.05, 0) is 25.7 Å². The molecule has 0 aromatic heterocycles. The Labute approximate surface area is 110 Å². The third-order valence-electron chi connectivity index (χ3n) is 2.97. The van der Waals surface area contributed by atoms with Crippen molar-refractivity contribution in [1.82, 2.24) is 5.32 Å². The number of hydrogen-bond donors (Lipinski definition) is 1. The SMILES string of the molecule is C/C(=C\C1=C(NC=O)CCCC1=O)C(C)C.CC. The van der Waals surface area contributed by atoms with E-state index in [-0.39, 0.29) is 5.78 Å². The van der Waals surface area contributed by atoms with Crippen LogP contribution in [-0.4, -0.2) is 12.2 Å². The first-order valence-corrected chi connectivity index (χ1v) is 6.71. The standard InChI is InChI=1S/C13H19NO2.C2H6/c1-9(2)10(3)7-11-12(14-8-15)5-4-6-13(11)16;1-2/h7-9H,4-6H2,1-3H3,(H,14,15);1-2H3/b10-7+;. The lowest BCUT2D eigenvalue weighted by Gasteiger charge is -2.17. The summed E-state index contributed by atoms with van der Waals surface area (Å²) < 4.78 is 0. The highest BCUT2D eigenvalue weighted by Gasteiger charge is 2.18. The number of carbonyl (C=O) groups is 2. The molecule has 3 nitrogen and oxygen atoms in total. The van der Waals surface area contributed by atoms with Crippen LogP contribution >= 0.6 is 0 Å². The third kappa shape index (κ3) is 4.86. The molecule has 1 amide bonds. The van der Waals surface area contributed by atoms with Gasteiger partial charge in [0, 0.05) is 17.7 Å². The van der Waals surface area contributed by atoms with E-state index in [0.29, 0.717) is 24.3 Å². The fourth-order valence-electron chi connectivity index (χ4n) is 1.65. The maximum atomic E-state index is 11.8. The Morgan fingerprint density at radius 1 is 1.28 bits per heavy atom. The molecule has 3 heteroatoms. The first kappa shape index (κ1) is 16.6. The molecular weight excluding hydrogens is 226 g/mol. The summed E-state index contributed by atoms with van der Waals surface area (Å²) in [6.45, 7) is 10.2. The van der Waals surface area contributed by atoms with Gasteiger partial charge in [0.2, 0.25) is 6.41 Å². The number of nitrogens with one attached hydrogen (secondary N) is 1. The quantitative estimate of drug-likeness (QED) is 0.779. The van der Waals surface area contributed by atoms with Crippen LogP contribution in [-0.2, 0) is 9.59 Å². The van der Waals surface area contributed by atoms with E-state index >= 15 is 0 Å². The van der Waals surface area contributed by atoms with Crippen molar-refractivity contribution >= 4 is 12.2 Å². The summed E-state index contributed by atoms with van der Waals surface area (Å²) in [6.07, 6.45) is 4.75. The summed E-state index contributed by atoms with van der Waals surface area (Å²) >= 11 is 0. The number of Topliss-reactive ketones (excluding diaryl/α,β-unsaturated/α-hetero) is 1. The molecular formula is C15H25NO2. The van der Waals surface area contributed by atoms with Crippen molar-refractivity contribution in [2.75, 3.05) is 0 Å². The van der Waals surface area contributed by atoms with Crippen LogP contribution in [0.25, 0.3) is 0 Å². The highest BCUT2D eigenvalue weighted by Crippen LogP contribution is 2.23. The topological polar surface area (TPSA) is 46.2 Å². The predicted molar refractivity (Wildman–Crippen MR) is 75.0 cm³/mol. The molecule has 1 N–H and O–H groups in total. The van der Waals surface area contributed by atoms with Gasteiger partial charge in [0.1, 0.15) is 0 Å². The van der Waals surface area contributed by atoms with E-state index in [2.05, 4.69) is 19.2 Å². The van der Waals surface area contributed by atoms with E-state index in [9.17, 15) is 9.59 Å². The zero-order valence-electron chi connectivity index (χ0n) is 12.2. The Morgan fingerprint density at radius 2 is 1.89 bits per heavy atom. The summed E-state index contributed by atoms with van der Waals surface area (Å²) in [7, 11) is 0. The number of amides is 1. The molecule has 0 saturated carbocycles. The normalized spacial score (nSPS) is 16.3. The van der Waals surface area contributed by atoms with Crippen molar-refractivity contribution < 1.29 is 9.59 Å². The van der Waals surface area contributed by atoms with Gasteiger partial charge in [-0.25, -0.2) is 0 Å². The smallest absolute Gasteiger partial charge is 0.211 e. The van der Waals surface area contributed by atoms with Gasteiger partial charge in [0.05, 0.1) is 0 Å². The summed E-state index contributed by atoms with van der Waals surface area (Å²) in [5, 5.41) is 2.64. The molecule has 18 heavy (non-hydrogen) atoms. The Balaban J connectivity index is 0.00000137. The van der Waals surface area contributed by atoms with Gasteiger partial charge in [-0.1, -0.05) is 39.3 Å². The summed E-state index contributed by atoms with van der Waals surface area (Å²) in [4.78, 5) is 22.2. The van der Waals surface area contributed by atoms with Gasteiger partial charge < -0.3 is 5.32 Å². The fraction of sp³-hybridized carbons (Fsp3) is 0.600. The number of rotatable bonds is 4. The van der Waals surface area contributed by atoms with E-state index in [4.69, 9.17) is 0 Å². The molecule has 0 saturated heterocycles. The zero-order chi connectivity index (χ0) is 14.1. The molecule has 0 spiro atoms. The minimum atomic E-state index is 0.135. The van der Waals surface area contributed by atoms with Crippen LogP contribution in [0.15, 0.2) is 22.9 Å². The molecule has 1 aliphatic carbocycles. The van der Waals surface area contributed by atoms with Gasteiger partial charge >= 0.3 is 0 Å². The Bertz CT molecular complexity index is 352. The fourth-order valence-corrected chi connectivity index (χ4v) is 1.65. The minimum absolute atomic E-state index is 0.135. The molecule has 0 unspecified atom stereocenters. The third-order valence-corrected chi connectivity index (χ3v) is 2.97. The lowest BCUT2D eigenvalue weighted by atomic mass is 9.91. The van der Waals surface area contributed by atoms with Crippen molar-refractivity contribution in [1.29, 1.82) is 0 Å².